The Kier molecular flexibility index (Phi) is 4.15. The number of nitrogens with two attached hydrogens (primary N) is 1. The summed E-state index contributed by atoms with van der Waals surface area (Å²) in [6.07, 6.45) is 4.79. The molecule has 2 heterocycles. The van der Waals surface area contributed by atoms with Crippen LogP contribution in [-0.2, 0) is 6.42 Å². The predicted molar refractivity (Wildman–Crippen MR) is 85.9 cm³/mol. The first-order valence-electron chi connectivity index (χ1n) is 7.71. The number of hydrogen-bond acceptors (Lipinski definition) is 4. The Morgan fingerprint density at radius 1 is 1.29 bits per heavy atom. The smallest absolute Gasteiger partial charge is 0.136 e. The number of para-hydroxylation sites is 1. The van der Waals surface area contributed by atoms with Crippen LogP contribution in [0.5, 0.6) is 0 Å². The first-order valence-corrected chi connectivity index (χ1v) is 7.71. The topological polar surface area (TPSA) is 55.0 Å². The van der Waals surface area contributed by atoms with Crippen molar-refractivity contribution in [2.45, 2.75) is 32.1 Å². The van der Waals surface area contributed by atoms with Gasteiger partial charge in [-0.1, -0.05) is 31.5 Å². The fraction of sp³-hybridized carbons (Fsp3) is 0.412. The van der Waals surface area contributed by atoms with Crippen molar-refractivity contribution in [2.75, 3.05) is 18.0 Å². The van der Waals surface area contributed by atoms with Gasteiger partial charge in [-0.05, 0) is 31.0 Å². The van der Waals surface area contributed by atoms with Gasteiger partial charge in [-0.3, -0.25) is 0 Å². The molecule has 0 aliphatic carbocycles. The van der Waals surface area contributed by atoms with E-state index >= 15 is 0 Å². The predicted octanol–water partition coefficient (Wildman–Crippen LogP) is 3.01. The van der Waals surface area contributed by atoms with Crippen molar-refractivity contribution in [3.05, 3.63) is 47.9 Å². The fourth-order valence-corrected chi connectivity index (χ4v) is 3.09. The molecule has 1 aliphatic rings. The minimum absolute atomic E-state index is 0.496. The van der Waals surface area contributed by atoms with Crippen LogP contribution in [0.1, 0.15) is 36.9 Å². The summed E-state index contributed by atoms with van der Waals surface area (Å²) in [6, 6.07) is 10.7. The molecule has 0 spiro atoms. The van der Waals surface area contributed by atoms with Crippen molar-refractivity contribution < 1.29 is 0 Å². The summed E-state index contributed by atoms with van der Waals surface area (Å²) in [6.45, 7) is 3.85. The zero-order chi connectivity index (χ0) is 14.7. The Bertz CT molecular complexity index is 611. The first-order chi connectivity index (χ1) is 10.3. The summed E-state index contributed by atoms with van der Waals surface area (Å²) in [5.41, 5.74) is 9.53. The van der Waals surface area contributed by atoms with Crippen LogP contribution in [0.3, 0.4) is 0 Å². The third-order valence-electron chi connectivity index (χ3n) is 4.08. The molecule has 2 aromatic rings. The first kappa shape index (κ1) is 14.0. The number of aromatic nitrogens is 2. The number of fused-ring (bicyclic) bond motifs is 1. The molecule has 4 nitrogen and oxygen atoms in total. The van der Waals surface area contributed by atoms with E-state index in [1.54, 1.807) is 6.33 Å². The van der Waals surface area contributed by atoms with E-state index in [-0.39, 0.29) is 0 Å². The molecule has 0 saturated carbocycles. The molecule has 0 amide bonds. The Balaban J connectivity index is 1.94. The Labute approximate surface area is 126 Å². The van der Waals surface area contributed by atoms with E-state index in [9.17, 15) is 0 Å². The van der Waals surface area contributed by atoms with Crippen molar-refractivity contribution in [3.8, 4) is 0 Å². The third-order valence-corrected chi connectivity index (χ3v) is 4.08. The molecule has 0 radical (unpaired) electrons. The van der Waals surface area contributed by atoms with Gasteiger partial charge in [0.2, 0.25) is 0 Å². The summed E-state index contributed by atoms with van der Waals surface area (Å²) in [5.74, 6) is 1.50. The highest BCUT2D eigenvalue weighted by Crippen LogP contribution is 2.41. The van der Waals surface area contributed by atoms with Gasteiger partial charge >= 0.3 is 0 Å². The van der Waals surface area contributed by atoms with Crippen LogP contribution in [0.25, 0.3) is 0 Å². The molecule has 110 valence electrons. The molecular formula is C17H22N4. The normalized spacial score (nSPS) is 17.0. The van der Waals surface area contributed by atoms with Crippen molar-refractivity contribution in [1.82, 2.24) is 9.97 Å². The Morgan fingerprint density at radius 2 is 2.14 bits per heavy atom. The number of nitrogens with zero attached hydrogens (tertiary/aromatic N) is 3. The average Bonchev–Trinajstić information content (AvgIpc) is 2.88. The van der Waals surface area contributed by atoms with Crippen LogP contribution in [0.15, 0.2) is 36.7 Å². The number of anilines is 2. The summed E-state index contributed by atoms with van der Waals surface area (Å²) in [5, 5.41) is 0. The van der Waals surface area contributed by atoms with E-state index in [2.05, 4.69) is 52.1 Å². The van der Waals surface area contributed by atoms with E-state index in [0.29, 0.717) is 5.92 Å². The van der Waals surface area contributed by atoms with E-state index in [4.69, 9.17) is 5.73 Å². The molecule has 3 rings (SSSR count). The van der Waals surface area contributed by atoms with Crippen LogP contribution in [0, 0.1) is 0 Å². The molecule has 0 bridgehead atoms. The second-order valence-corrected chi connectivity index (χ2v) is 5.56. The van der Waals surface area contributed by atoms with Crippen molar-refractivity contribution in [2.24, 2.45) is 5.73 Å². The molecule has 1 unspecified atom stereocenters. The van der Waals surface area contributed by atoms with Gasteiger partial charge in [0.05, 0.1) is 0 Å². The van der Waals surface area contributed by atoms with E-state index < -0.39 is 0 Å². The van der Waals surface area contributed by atoms with Crippen LogP contribution in [0.4, 0.5) is 11.5 Å². The quantitative estimate of drug-likeness (QED) is 0.916. The highest BCUT2D eigenvalue weighted by atomic mass is 15.2. The van der Waals surface area contributed by atoms with Gasteiger partial charge in [0.15, 0.2) is 0 Å². The summed E-state index contributed by atoms with van der Waals surface area (Å²) < 4.78 is 0. The number of benzene rings is 1. The molecule has 1 atom stereocenters. The SMILES string of the molecule is CCCc1cc(N2CC(CCN)c3ccccc32)ncn1. The molecule has 0 saturated heterocycles. The second kappa shape index (κ2) is 6.22. The molecule has 1 aromatic carbocycles. The van der Waals surface area contributed by atoms with Crippen LogP contribution < -0.4 is 10.6 Å². The lowest BCUT2D eigenvalue weighted by molar-refractivity contribution is 0.666. The highest BCUT2D eigenvalue weighted by Gasteiger charge is 2.29. The molecule has 2 N–H and O–H groups in total. The highest BCUT2D eigenvalue weighted by molar-refractivity contribution is 5.69. The van der Waals surface area contributed by atoms with Crippen LogP contribution in [-0.4, -0.2) is 23.1 Å². The minimum atomic E-state index is 0.496. The Morgan fingerprint density at radius 3 is 2.95 bits per heavy atom. The standard InChI is InChI=1S/C17H22N4/c1-2-5-14-10-17(20-12-19-14)21-11-13(8-9-18)15-6-3-4-7-16(15)21/h3-4,6-7,10,12-13H,2,5,8-9,11,18H2,1H3. The van der Waals surface area contributed by atoms with E-state index in [1.165, 1.54) is 11.3 Å². The molecule has 4 heteroatoms. The zero-order valence-corrected chi connectivity index (χ0v) is 12.5. The zero-order valence-electron chi connectivity index (χ0n) is 12.5. The Hall–Kier alpha value is -1.94. The maximum atomic E-state index is 5.77. The molecule has 0 fully saturated rings. The number of hydrogen-bond donors (Lipinski definition) is 1. The largest absolute Gasteiger partial charge is 0.330 e. The van der Waals surface area contributed by atoms with Crippen molar-refractivity contribution in [3.63, 3.8) is 0 Å². The number of rotatable bonds is 5. The van der Waals surface area contributed by atoms with E-state index in [1.807, 2.05) is 0 Å². The van der Waals surface area contributed by atoms with Gasteiger partial charge in [0.1, 0.15) is 12.1 Å². The van der Waals surface area contributed by atoms with Crippen LogP contribution >= 0.6 is 0 Å². The number of aryl methyl sites for hydroxylation is 1. The van der Waals surface area contributed by atoms with Gasteiger partial charge in [0.25, 0.3) is 0 Å². The molecule has 1 aliphatic heterocycles. The van der Waals surface area contributed by atoms with Gasteiger partial charge in [-0.25, -0.2) is 9.97 Å². The molecule has 1 aromatic heterocycles. The van der Waals surface area contributed by atoms with Crippen LogP contribution in [0.2, 0.25) is 0 Å². The van der Waals surface area contributed by atoms with Gasteiger partial charge < -0.3 is 10.6 Å². The second-order valence-electron chi connectivity index (χ2n) is 5.56. The summed E-state index contributed by atoms with van der Waals surface area (Å²) >= 11 is 0. The average molecular weight is 282 g/mol. The van der Waals surface area contributed by atoms with Crippen molar-refractivity contribution >= 4 is 11.5 Å². The maximum absolute atomic E-state index is 5.77. The lowest BCUT2D eigenvalue weighted by Gasteiger charge is -2.19. The van der Waals surface area contributed by atoms with Gasteiger partial charge in [0, 0.05) is 29.9 Å². The molecular weight excluding hydrogens is 260 g/mol. The lowest BCUT2D eigenvalue weighted by atomic mass is 9.98. The van der Waals surface area contributed by atoms with Gasteiger partial charge in [-0.2, -0.15) is 0 Å². The van der Waals surface area contributed by atoms with Crippen molar-refractivity contribution in [1.29, 1.82) is 0 Å². The monoisotopic (exact) mass is 282 g/mol. The summed E-state index contributed by atoms with van der Waals surface area (Å²) in [4.78, 5) is 11.1. The van der Waals surface area contributed by atoms with Gasteiger partial charge in [-0.15, -0.1) is 0 Å². The molecule has 21 heavy (non-hydrogen) atoms. The van der Waals surface area contributed by atoms with E-state index in [0.717, 1.165) is 43.9 Å². The minimum Gasteiger partial charge on any atom is -0.330 e. The lowest BCUT2D eigenvalue weighted by Crippen LogP contribution is -2.18. The maximum Gasteiger partial charge on any atom is 0.136 e. The fourth-order valence-electron chi connectivity index (χ4n) is 3.09. The summed E-state index contributed by atoms with van der Waals surface area (Å²) in [7, 11) is 0. The third kappa shape index (κ3) is 2.76.